The van der Waals surface area contributed by atoms with E-state index in [9.17, 15) is 8.42 Å². The van der Waals surface area contributed by atoms with Gasteiger partial charge in [0, 0.05) is 12.7 Å². The fourth-order valence-corrected chi connectivity index (χ4v) is 1.36. The predicted molar refractivity (Wildman–Crippen MR) is 49.3 cm³/mol. The molecule has 0 saturated heterocycles. The van der Waals surface area contributed by atoms with Crippen molar-refractivity contribution in [2.24, 2.45) is 0 Å². The van der Waals surface area contributed by atoms with E-state index in [0.29, 0.717) is 5.56 Å². The Morgan fingerprint density at radius 2 is 2.00 bits per heavy atom. The van der Waals surface area contributed by atoms with E-state index in [-0.39, 0.29) is 12.4 Å². The molecule has 5 nitrogen and oxygen atoms in total. The molecule has 6 heteroatoms. The van der Waals surface area contributed by atoms with Gasteiger partial charge in [-0.3, -0.25) is 4.55 Å². The summed E-state index contributed by atoms with van der Waals surface area (Å²) in [5.74, 6) is 0.0665. The lowest BCUT2D eigenvalue weighted by Gasteiger charge is -2.06. The number of methoxy groups -OCH3 is 1. The van der Waals surface area contributed by atoms with Crippen molar-refractivity contribution >= 4 is 10.4 Å². The van der Waals surface area contributed by atoms with E-state index < -0.39 is 10.4 Å². The summed E-state index contributed by atoms with van der Waals surface area (Å²) < 4.78 is 38.5. The molecule has 0 fully saturated rings. The zero-order valence-electron chi connectivity index (χ0n) is 7.50. The van der Waals surface area contributed by atoms with Crippen LogP contribution in [0.3, 0.4) is 0 Å². The second-order valence-corrected chi connectivity index (χ2v) is 3.57. The molecule has 0 aliphatic rings. The minimum atomic E-state index is -4.47. The van der Waals surface area contributed by atoms with Gasteiger partial charge in [-0.15, -0.1) is 0 Å². The van der Waals surface area contributed by atoms with Crippen molar-refractivity contribution in [3.05, 3.63) is 29.8 Å². The van der Waals surface area contributed by atoms with E-state index in [1.165, 1.54) is 13.2 Å². The van der Waals surface area contributed by atoms with Crippen LogP contribution in [0.5, 0.6) is 5.75 Å². The van der Waals surface area contributed by atoms with E-state index >= 15 is 0 Å². The Morgan fingerprint density at radius 3 is 2.57 bits per heavy atom. The number of ether oxygens (including phenoxy) is 1. The largest absolute Gasteiger partial charge is 0.446 e. The highest BCUT2D eigenvalue weighted by Gasteiger charge is 2.10. The molecule has 14 heavy (non-hydrogen) atoms. The van der Waals surface area contributed by atoms with Crippen molar-refractivity contribution in [1.82, 2.24) is 0 Å². The molecule has 0 aliphatic carbocycles. The summed E-state index contributed by atoms with van der Waals surface area (Å²) in [7, 11) is -3.00. The van der Waals surface area contributed by atoms with Crippen LogP contribution in [-0.2, 0) is 21.7 Å². The topological polar surface area (TPSA) is 72.8 Å². The minimum Gasteiger partial charge on any atom is -0.380 e. The molecule has 0 aromatic heterocycles. The third-order valence-corrected chi connectivity index (χ3v) is 1.86. The summed E-state index contributed by atoms with van der Waals surface area (Å²) in [6, 6.07) is 6.39. The highest BCUT2D eigenvalue weighted by Crippen LogP contribution is 2.19. The van der Waals surface area contributed by atoms with Crippen LogP contribution in [0.25, 0.3) is 0 Å². The van der Waals surface area contributed by atoms with Crippen molar-refractivity contribution in [1.29, 1.82) is 0 Å². The first-order valence-electron chi connectivity index (χ1n) is 3.76. The molecule has 0 aliphatic heterocycles. The first-order valence-corrected chi connectivity index (χ1v) is 5.13. The zero-order chi connectivity index (χ0) is 10.6. The second-order valence-electron chi connectivity index (χ2n) is 2.55. The van der Waals surface area contributed by atoms with E-state index in [4.69, 9.17) is 9.29 Å². The van der Waals surface area contributed by atoms with Gasteiger partial charge in [-0.05, 0) is 6.07 Å². The van der Waals surface area contributed by atoms with Gasteiger partial charge >= 0.3 is 10.4 Å². The van der Waals surface area contributed by atoms with Gasteiger partial charge in [0.2, 0.25) is 0 Å². The van der Waals surface area contributed by atoms with Crippen molar-refractivity contribution in [3.63, 3.8) is 0 Å². The average Bonchev–Trinajstić information content (AvgIpc) is 2.06. The summed E-state index contributed by atoms with van der Waals surface area (Å²) in [6.45, 7) is 0.214. The van der Waals surface area contributed by atoms with Gasteiger partial charge in [0.15, 0.2) is 5.75 Å². The lowest BCUT2D eigenvalue weighted by molar-refractivity contribution is 0.183. The molecule has 0 radical (unpaired) electrons. The van der Waals surface area contributed by atoms with Crippen LogP contribution in [0, 0.1) is 0 Å². The summed E-state index contributed by atoms with van der Waals surface area (Å²) in [6.07, 6.45) is 0. The number of hydrogen-bond acceptors (Lipinski definition) is 4. The second kappa shape index (κ2) is 4.41. The molecular weight excluding hydrogens is 208 g/mol. The molecule has 0 spiro atoms. The zero-order valence-corrected chi connectivity index (χ0v) is 8.32. The Hall–Kier alpha value is -1.11. The van der Waals surface area contributed by atoms with Crippen LogP contribution in [0.4, 0.5) is 0 Å². The molecule has 0 amide bonds. The molecule has 0 heterocycles. The Kier molecular flexibility index (Phi) is 3.45. The third kappa shape index (κ3) is 3.33. The van der Waals surface area contributed by atoms with Gasteiger partial charge in [0.05, 0.1) is 6.61 Å². The quantitative estimate of drug-likeness (QED) is 0.763. The lowest BCUT2D eigenvalue weighted by Crippen LogP contribution is -2.08. The molecule has 0 saturated carbocycles. The van der Waals surface area contributed by atoms with E-state index in [0.717, 1.165) is 0 Å². The average molecular weight is 218 g/mol. The van der Waals surface area contributed by atoms with Gasteiger partial charge < -0.3 is 8.92 Å². The Bertz CT molecular complexity index is 398. The third-order valence-electron chi connectivity index (χ3n) is 1.47. The monoisotopic (exact) mass is 218 g/mol. The molecule has 0 bridgehead atoms. The molecule has 78 valence electrons. The maximum Gasteiger partial charge on any atom is 0.446 e. The smallest absolute Gasteiger partial charge is 0.380 e. The maximum atomic E-state index is 10.4. The van der Waals surface area contributed by atoms with E-state index in [2.05, 4.69) is 4.18 Å². The van der Waals surface area contributed by atoms with Crippen molar-refractivity contribution in [2.45, 2.75) is 6.61 Å². The van der Waals surface area contributed by atoms with Crippen LogP contribution < -0.4 is 4.18 Å². The molecule has 1 N–H and O–H groups in total. The predicted octanol–water partition coefficient (Wildman–Crippen LogP) is 1.01. The first kappa shape index (κ1) is 11.0. The Labute approximate surface area is 82.2 Å². The Morgan fingerprint density at radius 1 is 1.36 bits per heavy atom. The maximum absolute atomic E-state index is 10.4. The SMILES string of the molecule is COCc1ccccc1OS(=O)(=O)O. The lowest BCUT2D eigenvalue weighted by atomic mass is 10.2. The first-order chi connectivity index (χ1) is 6.53. The summed E-state index contributed by atoms with van der Waals surface area (Å²) in [4.78, 5) is 0. The molecule has 1 aromatic rings. The number of benzene rings is 1. The van der Waals surface area contributed by atoms with E-state index in [1.807, 2.05) is 0 Å². The van der Waals surface area contributed by atoms with Gasteiger partial charge in [-0.25, -0.2) is 0 Å². The fraction of sp³-hybridized carbons (Fsp3) is 0.250. The number of hydrogen-bond donors (Lipinski definition) is 1. The standard InChI is InChI=1S/C8H10O5S/c1-12-6-7-4-2-3-5-8(7)13-14(9,10)11/h2-5H,6H2,1H3,(H,9,10,11). The molecule has 1 rings (SSSR count). The van der Waals surface area contributed by atoms with Crippen LogP contribution in [0.2, 0.25) is 0 Å². The molecule has 0 atom stereocenters. The van der Waals surface area contributed by atoms with Crippen LogP contribution in [0.1, 0.15) is 5.56 Å². The summed E-state index contributed by atoms with van der Waals surface area (Å²) >= 11 is 0. The van der Waals surface area contributed by atoms with E-state index in [1.54, 1.807) is 18.2 Å². The van der Waals surface area contributed by atoms with Gasteiger partial charge in [-0.2, -0.15) is 8.42 Å². The van der Waals surface area contributed by atoms with Gasteiger partial charge in [0.25, 0.3) is 0 Å². The normalized spacial score (nSPS) is 11.3. The molecular formula is C8H10O5S. The number of rotatable bonds is 4. The highest BCUT2D eigenvalue weighted by molar-refractivity contribution is 7.81. The van der Waals surface area contributed by atoms with Gasteiger partial charge in [-0.1, -0.05) is 18.2 Å². The summed E-state index contributed by atoms with van der Waals surface area (Å²) in [5.41, 5.74) is 0.549. The minimum absolute atomic E-state index is 0.0665. The van der Waals surface area contributed by atoms with Crippen LogP contribution in [0.15, 0.2) is 24.3 Å². The molecule has 1 aromatic carbocycles. The van der Waals surface area contributed by atoms with Crippen molar-refractivity contribution < 1.29 is 21.9 Å². The van der Waals surface area contributed by atoms with Crippen LogP contribution in [-0.4, -0.2) is 20.1 Å². The Balaban J connectivity index is 2.95. The van der Waals surface area contributed by atoms with Crippen LogP contribution >= 0.6 is 0 Å². The van der Waals surface area contributed by atoms with Gasteiger partial charge in [0.1, 0.15) is 0 Å². The van der Waals surface area contributed by atoms with Crippen molar-refractivity contribution in [3.8, 4) is 5.75 Å². The molecule has 0 unspecified atom stereocenters. The summed E-state index contributed by atoms with van der Waals surface area (Å²) in [5, 5.41) is 0. The number of para-hydroxylation sites is 1. The fourth-order valence-electron chi connectivity index (χ4n) is 0.973. The van der Waals surface area contributed by atoms with Crippen molar-refractivity contribution in [2.75, 3.05) is 7.11 Å². The highest BCUT2D eigenvalue weighted by atomic mass is 32.3.